The van der Waals surface area contributed by atoms with Crippen LogP contribution in [-0.4, -0.2) is 34.0 Å². The Morgan fingerprint density at radius 2 is 2.05 bits per heavy atom. The van der Waals surface area contributed by atoms with Crippen molar-refractivity contribution in [3.63, 3.8) is 0 Å². The first-order valence-corrected chi connectivity index (χ1v) is 8.01. The van der Waals surface area contributed by atoms with Gasteiger partial charge in [-0.1, -0.05) is 18.2 Å². The largest absolute Gasteiger partial charge is 0.361 e. The second-order valence-electron chi connectivity index (χ2n) is 5.25. The number of fused-ring (bicyclic) bond motifs is 1. The van der Waals surface area contributed by atoms with Gasteiger partial charge in [0.2, 0.25) is 5.91 Å². The molecule has 3 N–H and O–H groups in total. The predicted octanol–water partition coefficient (Wildman–Crippen LogP) is 1.40. The molecule has 1 aliphatic rings. The number of amides is 2. The molecule has 6 heteroatoms. The molecule has 110 valence electrons. The molecule has 1 saturated heterocycles. The molecule has 0 aliphatic carbocycles. The zero-order chi connectivity index (χ0) is 15.0. The van der Waals surface area contributed by atoms with Gasteiger partial charge in [0.25, 0.3) is 5.91 Å². The minimum atomic E-state index is -0.950. The average molecular weight is 303 g/mol. The number of thioether (sulfide) groups is 1. The summed E-state index contributed by atoms with van der Waals surface area (Å²) >= 11 is 1.36. The first-order valence-electron chi connectivity index (χ1n) is 6.79. The Balaban J connectivity index is 1.97. The summed E-state index contributed by atoms with van der Waals surface area (Å²) in [4.78, 5) is 26.6. The number of hydrogen-bond acceptors (Lipinski definition) is 3. The molecular weight excluding hydrogens is 286 g/mol. The molecule has 2 amide bonds. The van der Waals surface area contributed by atoms with Gasteiger partial charge in [-0.3, -0.25) is 9.59 Å². The Morgan fingerprint density at radius 3 is 2.81 bits per heavy atom. The Bertz CT molecular complexity index is 712. The van der Waals surface area contributed by atoms with Gasteiger partial charge in [-0.25, -0.2) is 0 Å². The molecule has 0 unspecified atom stereocenters. The lowest BCUT2D eigenvalue weighted by atomic mass is 10.0. The van der Waals surface area contributed by atoms with E-state index in [1.54, 1.807) is 6.92 Å². The maximum atomic E-state index is 12.4. The third kappa shape index (κ3) is 2.29. The molecule has 0 spiro atoms. The van der Waals surface area contributed by atoms with Crippen LogP contribution < -0.4 is 10.6 Å². The molecule has 1 aliphatic heterocycles. The maximum Gasteiger partial charge on any atom is 0.257 e. The van der Waals surface area contributed by atoms with Crippen LogP contribution in [0, 0.1) is 0 Å². The third-order valence-electron chi connectivity index (χ3n) is 3.90. The number of para-hydroxylation sites is 1. The molecular formula is C15H17N3O2S. The van der Waals surface area contributed by atoms with E-state index in [4.69, 9.17) is 0 Å². The number of nitrogens with one attached hydrogen (secondary N) is 3. The highest BCUT2D eigenvalue weighted by Crippen LogP contribution is 2.30. The number of benzene rings is 1. The summed E-state index contributed by atoms with van der Waals surface area (Å²) in [7, 11) is 0. The van der Waals surface area contributed by atoms with E-state index in [1.807, 2.05) is 36.7 Å². The molecule has 2 aromatic rings. The molecule has 1 aromatic heterocycles. The van der Waals surface area contributed by atoms with Crippen LogP contribution in [-0.2, 0) is 16.0 Å². The van der Waals surface area contributed by atoms with Crippen molar-refractivity contribution in [1.82, 2.24) is 15.6 Å². The number of aromatic amines is 1. The van der Waals surface area contributed by atoms with Crippen LogP contribution in [0.25, 0.3) is 10.9 Å². The van der Waals surface area contributed by atoms with Crippen molar-refractivity contribution in [2.45, 2.75) is 24.3 Å². The van der Waals surface area contributed by atoms with Crippen LogP contribution in [0.3, 0.4) is 0 Å². The van der Waals surface area contributed by atoms with Crippen molar-refractivity contribution in [2.75, 3.05) is 6.26 Å². The van der Waals surface area contributed by atoms with Crippen molar-refractivity contribution in [1.29, 1.82) is 0 Å². The van der Waals surface area contributed by atoms with Crippen LogP contribution in [0.4, 0.5) is 0 Å². The monoisotopic (exact) mass is 303 g/mol. The van der Waals surface area contributed by atoms with Crippen molar-refractivity contribution < 1.29 is 9.59 Å². The number of hydrogen-bond donors (Lipinski definition) is 3. The van der Waals surface area contributed by atoms with Gasteiger partial charge in [-0.05, 0) is 24.8 Å². The molecule has 0 radical (unpaired) electrons. The summed E-state index contributed by atoms with van der Waals surface area (Å²) in [5.74, 6) is -0.295. The van der Waals surface area contributed by atoms with Gasteiger partial charge in [0, 0.05) is 23.5 Å². The molecule has 5 nitrogen and oxygen atoms in total. The van der Waals surface area contributed by atoms with Crippen molar-refractivity contribution in [2.24, 2.45) is 0 Å². The van der Waals surface area contributed by atoms with E-state index in [0.717, 1.165) is 16.5 Å². The fourth-order valence-electron chi connectivity index (χ4n) is 2.63. The molecule has 21 heavy (non-hydrogen) atoms. The first kappa shape index (κ1) is 14.0. The van der Waals surface area contributed by atoms with Crippen molar-refractivity contribution >= 4 is 34.5 Å². The first-order chi connectivity index (χ1) is 10.1. The number of carbonyl (C=O) groups excluding carboxylic acids is 2. The molecule has 0 saturated carbocycles. The number of piperazine rings is 1. The summed E-state index contributed by atoms with van der Waals surface area (Å²) < 4.78 is 0. The normalized spacial score (nSPS) is 25.7. The molecule has 2 atom stereocenters. The van der Waals surface area contributed by atoms with Crippen LogP contribution >= 0.6 is 11.8 Å². The van der Waals surface area contributed by atoms with Crippen LogP contribution in [0.5, 0.6) is 0 Å². The van der Waals surface area contributed by atoms with E-state index >= 15 is 0 Å². The van der Waals surface area contributed by atoms with Crippen molar-refractivity contribution in [3.8, 4) is 0 Å². The number of aromatic nitrogens is 1. The quantitative estimate of drug-likeness (QED) is 0.802. The Hall–Kier alpha value is -1.95. The number of carbonyl (C=O) groups is 2. The Kier molecular flexibility index (Phi) is 3.41. The van der Waals surface area contributed by atoms with E-state index in [-0.39, 0.29) is 11.8 Å². The lowest BCUT2D eigenvalue weighted by Gasteiger charge is -2.37. The van der Waals surface area contributed by atoms with Gasteiger partial charge >= 0.3 is 0 Å². The highest BCUT2D eigenvalue weighted by atomic mass is 32.2. The standard InChI is InChI=1S/C15H17N3O2S/c1-9-13(19)18-15(21-2,14(20)17-9)7-10-8-16-12-6-4-3-5-11(10)12/h3-6,8-9,16H,7H2,1-2H3,(H,17,20)(H,18,19)/t9-,15+/m0/s1. The predicted molar refractivity (Wildman–Crippen MR) is 84.0 cm³/mol. The van der Waals surface area contributed by atoms with E-state index in [9.17, 15) is 9.59 Å². The molecule has 1 aromatic carbocycles. The summed E-state index contributed by atoms with van der Waals surface area (Å²) in [5, 5.41) is 6.71. The highest BCUT2D eigenvalue weighted by molar-refractivity contribution is 8.00. The lowest BCUT2D eigenvalue weighted by Crippen LogP contribution is -2.67. The minimum Gasteiger partial charge on any atom is -0.361 e. The number of rotatable bonds is 3. The van der Waals surface area contributed by atoms with Crippen LogP contribution in [0.15, 0.2) is 30.5 Å². The van der Waals surface area contributed by atoms with Gasteiger partial charge in [0.05, 0.1) is 0 Å². The molecule has 0 bridgehead atoms. The maximum absolute atomic E-state index is 12.4. The zero-order valence-electron chi connectivity index (χ0n) is 11.9. The average Bonchev–Trinajstić information content (AvgIpc) is 2.88. The second-order valence-corrected chi connectivity index (χ2v) is 6.36. The van der Waals surface area contributed by atoms with E-state index in [1.165, 1.54) is 11.8 Å². The van der Waals surface area contributed by atoms with Gasteiger partial charge in [-0.2, -0.15) is 0 Å². The molecule has 1 fully saturated rings. The van der Waals surface area contributed by atoms with Gasteiger partial charge < -0.3 is 15.6 Å². The second kappa shape index (κ2) is 5.11. The van der Waals surface area contributed by atoms with Gasteiger partial charge in [0.15, 0.2) is 4.87 Å². The summed E-state index contributed by atoms with van der Waals surface area (Å²) in [6.45, 7) is 1.68. The van der Waals surface area contributed by atoms with Crippen molar-refractivity contribution in [3.05, 3.63) is 36.0 Å². The fourth-order valence-corrected chi connectivity index (χ4v) is 3.38. The van der Waals surface area contributed by atoms with Gasteiger partial charge in [-0.15, -0.1) is 11.8 Å². The fraction of sp³-hybridized carbons (Fsp3) is 0.333. The Labute approximate surface area is 126 Å². The minimum absolute atomic E-state index is 0.146. The smallest absolute Gasteiger partial charge is 0.257 e. The van der Waals surface area contributed by atoms with Crippen LogP contribution in [0.1, 0.15) is 12.5 Å². The lowest BCUT2D eigenvalue weighted by molar-refractivity contribution is -0.137. The van der Waals surface area contributed by atoms with Crippen LogP contribution in [0.2, 0.25) is 0 Å². The highest BCUT2D eigenvalue weighted by Gasteiger charge is 2.45. The summed E-state index contributed by atoms with van der Waals surface area (Å²) in [6, 6.07) is 7.45. The summed E-state index contributed by atoms with van der Waals surface area (Å²) in [5.41, 5.74) is 2.05. The van der Waals surface area contributed by atoms with E-state index < -0.39 is 10.9 Å². The summed E-state index contributed by atoms with van der Waals surface area (Å²) in [6.07, 6.45) is 4.19. The van der Waals surface area contributed by atoms with E-state index in [2.05, 4.69) is 15.6 Å². The third-order valence-corrected chi connectivity index (χ3v) is 5.02. The molecule has 2 heterocycles. The zero-order valence-corrected chi connectivity index (χ0v) is 12.7. The number of H-pyrrole nitrogens is 1. The topological polar surface area (TPSA) is 74.0 Å². The van der Waals surface area contributed by atoms with Gasteiger partial charge in [0.1, 0.15) is 6.04 Å². The SMILES string of the molecule is CS[C@@]1(Cc2c[nH]c3ccccc23)NC(=O)[C@H](C)NC1=O. The molecule has 3 rings (SSSR count). The Morgan fingerprint density at radius 1 is 1.29 bits per heavy atom. The van der Waals surface area contributed by atoms with E-state index in [0.29, 0.717) is 6.42 Å².